The third-order valence-electron chi connectivity index (χ3n) is 3.50. The molecule has 0 radical (unpaired) electrons. The van der Waals surface area contributed by atoms with Gasteiger partial charge in [0.25, 0.3) is 0 Å². The van der Waals surface area contributed by atoms with Crippen molar-refractivity contribution in [3.63, 3.8) is 0 Å². The zero-order chi connectivity index (χ0) is 12.1. The van der Waals surface area contributed by atoms with E-state index >= 15 is 0 Å². The van der Waals surface area contributed by atoms with Crippen molar-refractivity contribution in [2.45, 2.75) is 45.2 Å². The minimum Gasteiger partial charge on any atom is -0.325 e. The molecule has 1 aliphatic carbocycles. The first kappa shape index (κ1) is 13.0. The largest absolute Gasteiger partial charge is 0.325 e. The van der Waals surface area contributed by atoms with Crippen molar-refractivity contribution in [2.75, 3.05) is 13.6 Å². The smallest absolute Gasteiger partial charge is 0.106 e. The normalized spacial score (nSPS) is 17.8. The third-order valence-corrected chi connectivity index (χ3v) is 4.42. The van der Waals surface area contributed by atoms with Crippen LogP contribution in [0.4, 0.5) is 0 Å². The van der Waals surface area contributed by atoms with Gasteiger partial charge in [0.1, 0.15) is 5.01 Å². The van der Waals surface area contributed by atoms with Crippen molar-refractivity contribution in [1.29, 1.82) is 0 Å². The lowest BCUT2D eigenvalue weighted by molar-refractivity contribution is 0.226. The summed E-state index contributed by atoms with van der Waals surface area (Å²) in [6, 6.07) is 0. The van der Waals surface area contributed by atoms with E-state index in [1.165, 1.54) is 44.3 Å². The number of aromatic nitrogens is 1. The molecule has 1 fully saturated rings. The van der Waals surface area contributed by atoms with Crippen molar-refractivity contribution >= 4 is 11.3 Å². The SMILES string of the molecule is CN(Cc1csc(CN)n1)CC1CCCCC1. The van der Waals surface area contributed by atoms with Crippen LogP contribution in [0, 0.1) is 5.92 Å². The summed E-state index contributed by atoms with van der Waals surface area (Å²) >= 11 is 1.67. The molecule has 0 aliphatic heterocycles. The third kappa shape index (κ3) is 4.05. The van der Waals surface area contributed by atoms with Crippen LogP contribution in [0.3, 0.4) is 0 Å². The molecule has 1 aromatic rings. The second-order valence-electron chi connectivity index (χ2n) is 5.14. The van der Waals surface area contributed by atoms with E-state index in [4.69, 9.17) is 5.73 Å². The summed E-state index contributed by atoms with van der Waals surface area (Å²) in [5.41, 5.74) is 6.75. The Morgan fingerprint density at radius 1 is 1.41 bits per heavy atom. The van der Waals surface area contributed by atoms with Gasteiger partial charge in [0.05, 0.1) is 5.69 Å². The zero-order valence-corrected chi connectivity index (χ0v) is 11.5. The first-order chi connectivity index (χ1) is 8.28. The number of nitrogens with two attached hydrogens (primary N) is 1. The monoisotopic (exact) mass is 253 g/mol. The molecule has 0 aromatic carbocycles. The Bertz CT molecular complexity index is 331. The fraction of sp³-hybridized carbons (Fsp3) is 0.769. The summed E-state index contributed by atoms with van der Waals surface area (Å²) in [6.45, 7) is 2.75. The van der Waals surface area contributed by atoms with Crippen LogP contribution < -0.4 is 5.73 Å². The number of nitrogens with zero attached hydrogens (tertiary/aromatic N) is 2. The van der Waals surface area contributed by atoms with Gasteiger partial charge in [-0.2, -0.15) is 0 Å². The topological polar surface area (TPSA) is 42.1 Å². The molecule has 2 N–H and O–H groups in total. The van der Waals surface area contributed by atoms with E-state index in [-0.39, 0.29) is 0 Å². The molecule has 1 aliphatic rings. The molecule has 2 rings (SSSR count). The highest BCUT2D eigenvalue weighted by Crippen LogP contribution is 2.24. The van der Waals surface area contributed by atoms with E-state index in [0.717, 1.165) is 17.5 Å². The minimum atomic E-state index is 0.566. The average Bonchev–Trinajstić information content (AvgIpc) is 2.78. The standard InChI is InChI=1S/C13H23N3S/c1-16(8-11-5-3-2-4-6-11)9-12-10-17-13(7-14)15-12/h10-11H,2-9,14H2,1H3. The van der Waals surface area contributed by atoms with Crippen LogP contribution in [0.1, 0.15) is 42.8 Å². The predicted octanol–water partition coefficient (Wildman–Crippen LogP) is 2.61. The van der Waals surface area contributed by atoms with E-state index in [9.17, 15) is 0 Å². The van der Waals surface area contributed by atoms with Gasteiger partial charge >= 0.3 is 0 Å². The summed E-state index contributed by atoms with van der Waals surface area (Å²) in [4.78, 5) is 6.92. The summed E-state index contributed by atoms with van der Waals surface area (Å²) in [5, 5.41) is 3.19. The second kappa shape index (κ2) is 6.47. The second-order valence-corrected chi connectivity index (χ2v) is 6.08. The molecule has 4 heteroatoms. The summed E-state index contributed by atoms with van der Waals surface area (Å²) in [6.07, 6.45) is 7.11. The Morgan fingerprint density at radius 3 is 2.82 bits per heavy atom. The van der Waals surface area contributed by atoms with Crippen molar-refractivity contribution in [1.82, 2.24) is 9.88 Å². The molecule has 17 heavy (non-hydrogen) atoms. The van der Waals surface area contributed by atoms with Crippen molar-refractivity contribution in [2.24, 2.45) is 11.7 Å². The molecule has 0 unspecified atom stereocenters. The Hall–Kier alpha value is -0.450. The van der Waals surface area contributed by atoms with Gasteiger partial charge in [-0.1, -0.05) is 19.3 Å². The van der Waals surface area contributed by atoms with Crippen LogP contribution in [0.5, 0.6) is 0 Å². The van der Waals surface area contributed by atoms with E-state index in [1.54, 1.807) is 11.3 Å². The molecule has 0 saturated heterocycles. The van der Waals surface area contributed by atoms with Crippen molar-refractivity contribution in [3.05, 3.63) is 16.1 Å². The Labute approximate surface area is 108 Å². The minimum absolute atomic E-state index is 0.566. The maximum absolute atomic E-state index is 5.58. The molecule has 1 aromatic heterocycles. The molecule has 0 bridgehead atoms. The van der Waals surface area contributed by atoms with Crippen LogP contribution >= 0.6 is 11.3 Å². The number of hydrogen-bond acceptors (Lipinski definition) is 4. The van der Waals surface area contributed by atoms with Crippen LogP contribution in [-0.2, 0) is 13.1 Å². The van der Waals surface area contributed by atoms with Crippen molar-refractivity contribution in [3.8, 4) is 0 Å². The predicted molar refractivity (Wildman–Crippen MR) is 72.9 cm³/mol. The fourth-order valence-electron chi connectivity index (χ4n) is 2.67. The van der Waals surface area contributed by atoms with Crippen LogP contribution in [0.2, 0.25) is 0 Å². The Kier molecular flexibility index (Phi) is 4.95. The van der Waals surface area contributed by atoms with Gasteiger partial charge in [-0.3, -0.25) is 0 Å². The lowest BCUT2D eigenvalue weighted by atomic mass is 9.89. The van der Waals surface area contributed by atoms with Gasteiger partial charge in [0, 0.05) is 25.0 Å². The number of rotatable bonds is 5. The van der Waals surface area contributed by atoms with Gasteiger partial charge in [-0.15, -0.1) is 11.3 Å². The molecule has 96 valence electrons. The highest BCUT2D eigenvalue weighted by Gasteiger charge is 2.15. The van der Waals surface area contributed by atoms with Gasteiger partial charge in [0.15, 0.2) is 0 Å². The summed E-state index contributed by atoms with van der Waals surface area (Å²) in [7, 11) is 2.20. The van der Waals surface area contributed by atoms with Gasteiger partial charge in [-0.25, -0.2) is 4.98 Å². The summed E-state index contributed by atoms with van der Waals surface area (Å²) < 4.78 is 0. The molecule has 0 spiro atoms. The van der Waals surface area contributed by atoms with Gasteiger partial charge in [0.2, 0.25) is 0 Å². The van der Waals surface area contributed by atoms with Crippen molar-refractivity contribution < 1.29 is 0 Å². The molecule has 0 amide bonds. The van der Waals surface area contributed by atoms with E-state index < -0.39 is 0 Å². The highest BCUT2D eigenvalue weighted by atomic mass is 32.1. The Balaban J connectivity index is 1.77. The number of thiazole rings is 1. The highest BCUT2D eigenvalue weighted by molar-refractivity contribution is 7.09. The van der Waals surface area contributed by atoms with Gasteiger partial charge in [-0.05, 0) is 25.8 Å². The molecular formula is C13H23N3S. The van der Waals surface area contributed by atoms with E-state index in [2.05, 4.69) is 22.3 Å². The zero-order valence-electron chi connectivity index (χ0n) is 10.7. The Morgan fingerprint density at radius 2 is 2.18 bits per heavy atom. The average molecular weight is 253 g/mol. The maximum Gasteiger partial charge on any atom is 0.106 e. The van der Waals surface area contributed by atoms with Crippen LogP contribution in [-0.4, -0.2) is 23.5 Å². The lowest BCUT2D eigenvalue weighted by Gasteiger charge is -2.26. The van der Waals surface area contributed by atoms with E-state index in [0.29, 0.717) is 6.54 Å². The molecule has 1 heterocycles. The molecule has 3 nitrogen and oxygen atoms in total. The van der Waals surface area contributed by atoms with Gasteiger partial charge < -0.3 is 10.6 Å². The first-order valence-corrected chi connectivity index (χ1v) is 7.48. The maximum atomic E-state index is 5.58. The first-order valence-electron chi connectivity index (χ1n) is 6.60. The molecular weight excluding hydrogens is 230 g/mol. The molecule has 1 saturated carbocycles. The summed E-state index contributed by atoms with van der Waals surface area (Å²) in [5.74, 6) is 0.904. The van der Waals surface area contributed by atoms with Crippen LogP contribution in [0.25, 0.3) is 0 Å². The number of hydrogen-bond donors (Lipinski definition) is 1. The fourth-order valence-corrected chi connectivity index (χ4v) is 3.33. The van der Waals surface area contributed by atoms with Crippen LogP contribution in [0.15, 0.2) is 5.38 Å². The van der Waals surface area contributed by atoms with E-state index in [1.807, 2.05) is 0 Å². The molecule has 0 atom stereocenters. The quantitative estimate of drug-likeness (QED) is 0.877. The lowest BCUT2D eigenvalue weighted by Crippen LogP contribution is -2.26.